The molecule has 1 unspecified atom stereocenters. The van der Waals surface area contributed by atoms with Gasteiger partial charge in [-0.2, -0.15) is 0 Å². The molecule has 1 fully saturated rings. The Morgan fingerprint density at radius 2 is 2.07 bits per heavy atom. The number of anilines is 1. The fourth-order valence-corrected chi connectivity index (χ4v) is 3.49. The molecule has 1 aliphatic carbocycles. The number of amides is 1. The molecular weight excluding hydrogens is 350 g/mol. The number of rotatable bonds is 7. The van der Waals surface area contributed by atoms with E-state index in [1.54, 1.807) is 0 Å². The minimum atomic E-state index is -1.83. The van der Waals surface area contributed by atoms with Gasteiger partial charge in [0, 0.05) is 24.2 Å². The molecule has 0 saturated carbocycles. The molecule has 1 saturated heterocycles. The Bertz CT molecular complexity index is 828. The van der Waals surface area contributed by atoms with Crippen molar-refractivity contribution in [3.63, 3.8) is 0 Å². The summed E-state index contributed by atoms with van der Waals surface area (Å²) in [6.45, 7) is 0.639. The van der Waals surface area contributed by atoms with Gasteiger partial charge >= 0.3 is 0 Å². The van der Waals surface area contributed by atoms with E-state index >= 15 is 0 Å². The first kappa shape index (κ1) is 19.1. The molecule has 27 heavy (non-hydrogen) atoms. The third-order valence-corrected chi connectivity index (χ3v) is 4.89. The number of nitrogens with two attached hydrogens (primary N) is 1. The van der Waals surface area contributed by atoms with Gasteiger partial charge in [-0.05, 0) is 43.8 Å². The fourth-order valence-electron chi connectivity index (χ4n) is 3.49. The zero-order valence-corrected chi connectivity index (χ0v) is 15.0. The summed E-state index contributed by atoms with van der Waals surface area (Å²) >= 11 is 0. The maximum atomic E-state index is 12.0. The number of nitrogen functional groups attached to an aromatic ring is 1. The summed E-state index contributed by atoms with van der Waals surface area (Å²) in [6, 6.07) is 0.170. The second kappa shape index (κ2) is 8.36. The Labute approximate surface area is 156 Å². The maximum absolute atomic E-state index is 12.0. The fraction of sp³-hybridized carbons (Fsp3) is 0.500. The molecule has 0 spiro atoms. The first-order chi connectivity index (χ1) is 12.9. The molecule has 1 atom stereocenters. The van der Waals surface area contributed by atoms with Crippen LogP contribution in [0.4, 0.5) is 5.95 Å². The number of H-pyrrole nitrogens is 1. The molecule has 1 aromatic rings. The molecule has 2 heterocycles. The van der Waals surface area contributed by atoms with E-state index < -0.39 is 11.8 Å². The van der Waals surface area contributed by atoms with Crippen molar-refractivity contribution in [2.75, 3.05) is 12.3 Å². The van der Waals surface area contributed by atoms with E-state index in [1.807, 2.05) is 6.08 Å². The van der Waals surface area contributed by atoms with Crippen LogP contribution in [0.25, 0.3) is 0 Å². The Kier molecular flexibility index (Phi) is 5.92. The summed E-state index contributed by atoms with van der Waals surface area (Å²) < 4.78 is 0. The van der Waals surface area contributed by atoms with Gasteiger partial charge in [0.2, 0.25) is 11.9 Å². The highest BCUT2D eigenvalue weighted by Crippen LogP contribution is 2.24. The summed E-state index contributed by atoms with van der Waals surface area (Å²) in [5.74, 6) is -0.0216. The van der Waals surface area contributed by atoms with Crippen molar-refractivity contribution >= 4 is 11.9 Å². The number of nitrogens with zero attached hydrogens (tertiary/aromatic N) is 1. The summed E-state index contributed by atoms with van der Waals surface area (Å²) in [5, 5.41) is 25.1. The van der Waals surface area contributed by atoms with Gasteiger partial charge in [-0.1, -0.05) is 6.08 Å². The van der Waals surface area contributed by atoms with E-state index in [9.17, 15) is 19.8 Å². The van der Waals surface area contributed by atoms with Gasteiger partial charge in [0.1, 0.15) is 5.69 Å². The number of hydrogen-bond donors (Lipinski definition) is 6. The van der Waals surface area contributed by atoms with Gasteiger partial charge in [-0.3, -0.25) is 14.6 Å². The quantitative estimate of drug-likeness (QED) is 0.283. The molecule has 1 aliphatic heterocycles. The number of aliphatic hydroxyl groups excluding tert-OH is 1. The molecule has 7 N–H and O–H groups in total. The highest BCUT2D eigenvalue weighted by molar-refractivity contribution is 5.79. The first-order valence-corrected chi connectivity index (χ1v) is 9.11. The molecule has 9 nitrogen and oxygen atoms in total. The van der Waals surface area contributed by atoms with Crippen molar-refractivity contribution in [3.05, 3.63) is 45.0 Å². The summed E-state index contributed by atoms with van der Waals surface area (Å²) in [4.78, 5) is 29.5. The Hall–Kier alpha value is -2.65. The van der Waals surface area contributed by atoms with E-state index in [0.717, 1.165) is 25.0 Å². The lowest BCUT2D eigenvalue weighted by atomic mass is 9.95. The third kappa shape index (κ3) is 4.75. The van der Waals surface area contributed by atoms with Crippen LogP contribution in [0.3, 0.4) is 0 Å². The molecule has 9 heteroatoms. The number of hydrogen-bond acceptors (Lipinski definition) is 7. The van der Waals surface area contributed by atoms with Crippen molar-refractivity contribution in [2.45, 2.75) is 50.9 Å². The molecule has 146 valence electrons. The number of aliphatic hydroxyl groups is 2. The summed E-state index contributed by atoms with van der Waals surface area (Å²) in [6.07, 6.45) is 6.49. The number of carbonyl (C=O) groups is 1. The number of carbonyl (C=O) groups excluding carboxylic acids is 1. The van der Waals surface area contributed by atoms with E-state index in [-0.39, 0.29) is 29.2 Å². The van der Waals surface area contributed by atoms with E-state index in [1.165, 1.54) is 5.57 Å². The normalized spacial score (nSPS) is 19.7. The SMILES string of the molecule is Nc1nc(C(O)O)c(CCCNC2=CC=C(C3CCC(=O)N3)CC2)c(=O)[nH]1. The smallest absolute Gasteiger partial charge is 0.255 e. The number of aromatic amines is 1. The molecular formula is C18H25N5O4. The van der Waals surface area contributed by atoms with Crippen molar-refractivity contribution in [3.8, 4) is 0 Å². The predicted molar refractivity (Wildman–Crippen MR) is 99.3 cm³/mol. The van der Waals surface area contributed by atoms with Crippen LogP contribution in [-0.2, 0) is 11.2 Å². The molecule has 0 radical (unpaired) electrons. The molecule has 3 rings (SSSR count). The average molecular weight is 375 g/mol. The first-order valence-electron chi connectivity index (χ1n) is 9.11. The van der Waals surface area contributed by atoms with E-state index in [4.69, 9.17) is 5.73 Å². The standard InChI is InChI=1S/C18H25N5O4/c19-18-22-15(17(26)27)12(16(25)23-18)2-1-9-20-11-5-3-10(4-6-11)13-7-8-14(24)21-13/h3,5,13,17,20,26-27H,1-2,4,6-9H2,(H,21,24)(H3,19,22,23,25). The molecule has 1 amide bonds. The summed E-state index contributed by atoms with van der Waals surface area (Å²) in [5.41, 5.74) is 7.49. The predicted octanol–water partition coefficient (Wildman–Crippen LogP) is -0.260. The molecule has 1 aromatic heterocycles. The van der Waals surface area contributed by atoms with Crippen LogP contribution in [0, 0.1) is 0 Å². The van der Waals surface area contributed by atoms with Gasteiger partial charge in [0.15, 0.2) is 6.29 Å². The van der Waals surface area contributed by atoms with E-state index in [0.29, 0.717) is 25.8 Å². The maximum Gasteiger partial charge on any atom is 0.255 e. The Morgan fingerprint density at radius 3 is 2.70 bits per heavy atom. The lowest BCUT2D eigenvalue weighted by molar-refractivity contribution is -0.119. The number of allylic oxidation sites excluding steroid dienone is 3. The second-order valence-corrected chi connectivity index (χ2v) is 6.81. The highest BCUT2D eigenvalue weighted by Gasteiger charge is 2.24. The van der Waals surface area contributed by atoms with Gasteiger partial charge in [-0.15, -0.1) is 0 Å². The third-order valence-electron chi connectivity index (χ3n) is 4.89. The zero-order chi connectivity index (χ0) is 19.4. The number of nitrogens with one attached hydrogen (secondary N) is 3. The van der Waals surface area contributed by atoms with Crippen molar-refractivity contribution in [2.24, 2.45) is 0 Å². The van der Waals surface area contributed by atoms with Crippen molar-refractivity contribution in [1.82, 2.24) is 20.6 Å². The largest absolute Gasteiger partial charge is 0.388 e. The van der Waals surface area contributed by atoms with Gasteiger partial charge in [0.25, 0.3) is 5.56 Å². The summed E-state index contributed by atoms with van der Waals surface area (Å²) in [7, 11) is 0. The minimum Gasteiger partial charge on any atom is -0.388 e. The van der Waals surface area contributed by atoms with Crippen LogP contribution in [0.15, 0.2) is 28.2 Å². The van der Waals surface area contributed by atoms with Crippen molar-refractivity contribution in [1.29, 1.82) is 0 Å². The van der Waals surface area contributed by atoms with Crippen LogP contribution in [0.1, 0.15) is 49.7 Å². The minimum absolute atomic E-state index is 0.0979. The van der Waals surface area contributed by atoms with E-state index in [2.05, 4.69) is 26.7 Å². The monoisotopic (exact) mass is 375 g/mol. The second-order valence-electron chi connectivity index (χ2n) is 6.81. The average Bonchev–Trinajstić information content (AvgIpc) is 3.06. The highest BCUT2D eigenvalue weighted by atomic mass is 16.5. The van der Waals surface area contributed by atoms with Crippen LogP contribution >= 0.6 is 0 Å². The molecule has 0 bridgehead atoms. The molecule has 0 aromatic carbocycles. The lowest BCUT2D eigenvalue weighted by Crippen LogP contribution is -2.28. The van der Waals surface area contributed by atoms with Gasteiger partial charge < -0.3 is 26.6 Å². The van der Waals surface area contributed by atoms with Crippen LogP contribution < -0.4 is 21.9 Å². The van der Waals surface area contributed by atoms with Gasteiger partial charge in [-0.25, -0.2) is 4.98 Å². The molecule has 2 aliphatic rings. The topological polar surface area (TPSA) is 153 Å². The van der Waals surface area contributed by atoms with Crippen molar-refractivity contribution < 1.29 is 15.0 Å². The number of aromatic nitrogens is 2. The van der Waals surface area contributed by atoms with Crippen LogP contribution in [0.5, 0.6) is 0 Å². The Morgan fingerprint density at radius 1 is 1.26 bits per heavy atom. The van der Waals surface area contributed by atoms with Crippen LogP contribution in [-0.4, -0.2) is 38.7 Å². The zero-order valence-electron chi connectivity index (χ0n) is 15.0. The lowest BCUT2D eigenvalue weighted by Gasteiger charge is -2.20. The Balaban J connectivity index is 1.51. The van der Waals surface area contributed by atoms with Crippen LogP contribution in [0.2, 0.25) is 0 Å². The van der Waals surface area contributed by atoms with Gasteiger partial charge in [0.05, 0.1) is 6.04 Å².